The maximum absolute atomic E-state index is 5.40. The fraction of sp³-hybridized carbons (Fsp3) is 0.778. The summed E-state index contributed by atoms with van der Waals surface area (Å²) in [5.41, 5.74) is 0. The average molecular weight is 120 g/mol. The highest BCUT2D eigenvalue weighted by Crippen LogP contribution is 2.48. The number of rotatable bonds is 2. The van der Waals surface area contributed by atoms with Gasteiger partial charge in [-0.15, -0.1) is 12.3 Å². The van der Waals surface area contributed by atoms with Crippen LogP contribution < -0.4 is 0 Å². The van der Waals surface area contributed by atoms with E-state index in [9.17, 15) is 0 Å². The van der Waals surface area contributed by atoms with Crippen LogP contribution in [0.15, 0.2) is 0 Å². The zero-order valence-corrected chi connectivity index (χ0v) is 5.64. The Bertz CT molecular complexity index is 132. The Morgan fingerprint density at radius 1 is 1.11 bits per heavy atom. The number of hydrogen-bond donors (Lipinski definition) is 0. The van der Waals surface area contributed by atoms with Crippen LogP contribution in [0.3, 0.4) is 0 Å². The minimum Gasteiger partial charge on any atom is -0.120 e. The van der Waals surface area contributed by atoms with E-state index >= 15 is 0 Å². The van der Waals surface area contributed by atoms with E-state index in [1.54, 1.807) is 0 Å². The van der Waals surface area contributed by atoms with Crippen LogP contribution in [0, 0.1) is 30.1 Å². The first kappa shape index (κ1) is 5.35. The zero-order chi connectivity index (χ0) is 6.27. The highest BCUT2D eigenvalue weighted by Gasteiger charge is 2.40. The summed E-state index contributed by atoms with van der Waals surface area (Å²) in [6.07, 6.45) is 11.0. The van der Waals surface area contributed by atoms with Crippen molar-refractivity contribution in [2.75, 3.05) is 0 Å². The van der Waals surface area contributed by atoms with Crippen molar-refractivity contribution in [2.45, 2.75) is 25.7 Å². The Kier molecular flexibility index (Phi) is 1.05. The average Bonchev–Trinajstić information content (AvgIpc) is 2.61. The lowest BCUT2D eigenvalue weighted by molar-refractivity contribution is 0.520. The van der Waals surface area contributed by atoms with Gasteiger partial charge in [0.15, 0.2) is 0 Å². The summed E-state index contributed by atoms with van der Waals surface area (Å²) in [4.78, 5) is 0. The molecule has 0 aliphatic heterocycles. The van der Waals surface area contributed by atoms with Crippen LogP contribution in [0.1, 0.15) is 25.7 Å². The van der Waals surface area contributed by atoms with Crippen LogP contribution in [-0.4, -0.2) is 0 Å². The van der Waals surface area contributed by atoms with Crippen molar-refractivity contribution in [1.82, 2.24) is 0 Å². The molecule has 48 valence electrons. The summed E-state index contributed by atoms with van der Waals surface area (Å²) in [5, 5.41) is 0. The third kappa shape index (κ3) is 0.965. The first-order chi connectivity index (χ1) is 4.42. The van der Waals surface area contributed by atoms with Crippen molar-refractivity contribution in [1.29, 1.82) is 0 Å². The Morgan fingerprint density at radius 3 is 1.78 bits per heavy atom. The monoisotopic (exact) mass is 120 g/mol. The summed E-state index contributed by atoms with van der Waals surface area (Å²) < 4.78 is 0. The summed E-state index contributed by atoms with van der Waals surface area (Å²) in [5.74, 6) is 5.46. The molecule has 2 aliphatic rings. The van der Waals surface area contributed by atoms with E-state index < -0.39 is 0 Å². The van der Waals surface area contributed by atoms with E-state index in [2.05, 4.69) is 5.92 Å². The molecule has 0 bridgehead atoms. The van der Waals surface area contributed by atoms with E-state index in [-0.39, 0.29) is 0 Å². The summed E-state index contributed by atoms with van der Waals surface area (Å²) in [6.45, 7) is 0. The van der Waals surface area contributed by atoms with Gasteiger partial charge in [0.05, 0.1) is 0 Å². The molecular formula is C9H12. The van der Waals surface area contributed by atoms with Crippen molar-refractivity contribution in [3.63, 3.8) is 0 Å². The van der Waals surface area contributed by atoms with Crippen molar-refractivity contribution >= 4 is 0 Å². The molecule has 0 aromatic rings. The first-order valence-electron chi connectivity index (χ1n) is 3.88. The van der Waals surface area contributed by atoms with Gasteiger partial charge >= 0.3 is 0 Å². The Balaban J connectivity index is 1.94. The van der Waals surface area contributed by atoms with Gasteiger partial charge in [-0.1, -0.05) is 0 Å². The second kappa shape index (κ2) is 1.77. The second-order valence-corrected chi connectivity index (χ2v) is 3.37. The molecule has 2 fully saturated rings. The van der Waals surface area contributed by atoms with Gasteiger partial charge in [0.25, 0.3) is 0 Å². The predicted molar refractivity (Wildman–Crippen MR) is 37.8 cm³/mol. The molecule has 2 aliphatic carbocycles. The minimum atomic E-state index is 0.671. The highest BCUT2D eigenvalue weighted by molar-refractivity contribution is 5.06. The molecule has 0 radical (unpaired) electrons. The smallest absolute Gasteiger partial charge is 0.0256 e. The van der Waals surface area contributed by atoms with Crippen LogP contribution in [0.25, 0.3) is 0 Å². The molecule has 0 aromatic carbocycles. The molecule has 0 heteroatoms. The van der Waals surface area contributed by atoms with Crippen molar-refractivity contribution < 1.29 is 0 Å². The molecule has 9 heavy (non-hydrogen) atoms. The highest BCUT2D eigenvalue weighted by atomic mass is 14.4. The van der Waals surface area contributed by atoms with Crippen molar-refractivity contribution in [3.8, 4) is 12.3 Å². The lowest BCUT2D eigenvalue weighted by Gasteiger charge is -2.04. The normalized spacial score (nSPS) is 26.2. The third-order valence-electron chi connectivity index (χ3n) is 2.45. The summed E-state index contributed by atoms with van der Waals surface area (Å²) in [6, 6.07) is 0. The molecule has 2 rings (SSSR count). The predicted octanol–water partition coefficient (Wildman–Crippen LogP) is 2.06. The standard InChI is InChI=1S/C9H12/c1-2-9(7-3-4-7)8-5-6-8/h1,7-9H,3-6H2. The fourth-order valence-corrected chi connectivity index (χ4v) is 1.57. The molecule has 0 aromatic heterocycles. The first-order valence-corrected chi connectivity index (χ1v) is 3.88. The van der Waals surface area contributed by atoms with Gasteiger partial charge in [0, 0.05) is 5.92 Å². The molecule has 0 nitrogen and oxygen atoms in total. The van der Waals surface area contributed by atoms with E-state index in [0.29, 0.717) is 5.92 Å². The number of hydrogen-bond acceptors (Lipinski definition) is 0. The molecule has 0 unspecified atom stereocenters. The quantitative estimate of drug-likeness (QED) is 0.489. The second-order valence-electron chi connectivity index (χ2n) is 3.37. The SMILES string of the molecule is C#CC(C1CC1)C1CC1. The van der Waals surface area contributed by atoms with E-state index in [0.717, 1.165) is 11.8 Å². The van der Waals surface area contributed by atoms with Gasteiger partial charge in [-0.2, -0.15) is 0 Å². The molecular weight excluding hydrogens is 108 g/mol. The molecule has 0 amide bonds. The zero-order valence-electron chi connectivity index (χ0n) is 5.64. The van der Waals surface area contributed by atoms with Crippen molar-refractivity contribution in [2.24, 2.45) is 17.8 Å². The topological polar surface area (TPSA) is 0 Å². The Morgan fingerprint density at radius 2 is 1.56 bits per heavy atom. The summed E-state index contributed by atoms with van der Waals surface area (Å²) in [7, 11) is 0. The van der Waals surface area contributed by atoms with E-state index in [4.69, 9.17) is 6.42 Å². The van der Waals surface area contributed by atoms with Gasteiger partial charge in [-0.3, -0.25) is 0 Å². The van der Waals surface area contributed by atoms with Gasteiger partial charge in [-0.25, -0.2) is 0 Å². The van der Waals surface area contributed by atoms with E-state index in [1.807, 2.05) is 0 Å². The lowest BCUT2D eigenvalue weighted by atomic mass is 10.00. The van der Waals surface area contributed by atoms with E-state index in [1.165, 1.54) is 25.7 Å². The molecule has 0 atom stereocenters. The Labute approximate surface area is 56.6 Å². The lowest BCUT2D eigenvalue weighted by Crippen LogP contribution is -2.00. The van der Waals surface area contributed by atoms with Crippen LogP contribution in [-0.2, 0) is 0 Å². The minimum absolute atomic E-state index is 0.671. The third-order valence-corrected chi connectivity index (χ3v) is 2.45. The largest absolute Gasteiger partial charge is 0.120 e. The van der Waals surface area contributed by atoms with Crippen molar-refractivity contribution in [3.05, 3.63) is 0 Å². The van der Waals surface area contributed by atoms with Gasteiger partial charge in [0.2, 0.25) is 0 Å². The maximum Gasteiger partial charge on any atom is 0.0256 e. The molecule has 0 N–H and O–H groups in total. The number of terminal acetylenes is 1. The fourth-order valence-electron chi connectivity index (χ4n) is 1.57. The van der Waals surface area contributed by atoms with Crippen LogP contribution in [0.2, 0.25) is 0 Å². The molecule has 0 spiro atoms. The van der Waals surface area contributed by atoms with Gasteiger partial charge in [-0.05, 0) is 37.5 Å². The van der Waals surface area contributed by atoms with Gasteiger partial charge in [0.1, 0.15) is 0 Å². The summed E-state index contributed by atoms with van der Waals surface area (Å²) >= 11 is 0. The molecule has 2 saturated carbocycles. The van der Waals surface area contributed by atoms with Crippen LogP contribution in [0.5, 0.6) is 0 Å². The molecule has 0 saturated heterocycles. The maximum atomic E-state index is 5.40. The van der Waals surface area contributed by atoms with Gasteiger partial charge < -0.3 is 0 Å². The van der Waals surface area contributed by atoms with Crippen LogP contribution in [0.4, 0.5) is 0 Å². The molecule has 0 heterocycles. The Hall–Kier alpha value is -0.440. The van der Waals surface area contributed by atoms with Crippen LogP contribution >= 0.6 is 0 Å².